The number of carbonyl (C=O) groups is 1. The Hall–Kier alpha value is -1.83. The van der Waals surface area contributed by atoms with Gasteiger partial charge in [-0.15, -0.1) is 0 Å². The lowest BCUT2D eigenvalue weighted by Gasteiger charge is -2.28. The standard InChI is InChI=1S/C17H21NO3/c19-11-4-3-6-13-7-5-8-14(12-13)17(21)18-15-9-1-2-10-16(15)20/h5,7-8,12,15-16,19-20H,1-2,4,9-11H2,(H,18,21). The molecule has 1 aliphatic carbocycles. The highest BCUT2D eigenvalue weighted by molar-refractivity contribution is 5.94. The van der Waals surface area contributed by atoms with Gasteiger partial charge in [-0.3, -0.25) is 4.79 Å². The number of hydrogen-bond donors (Lipinski definition) is 3. The van der Waals surface area contributed by atoms with E-state index in [-0.39, 0.29) is 18.6 Å². The van der Waals surface area contributed by atoms with Crippen LogP contribution in [-0.4, -0.2) is 34.9 Å². The van der Waals surface area contributed by atoms with Crippen LogP contribution in [0.15, 0.2) is 24.3 Å². The summed E-state index contributed by atoms with van der Waals surface area (Å²) in [4.78, 5) is 12.2. The van der Waals surface area contributed by atoms with Gasteiger partial charge in [-0.1, -0.05) is 30.7 Å². The van der Waals surface area contributed by atoms with Crippen LogP contribution in [0.2, 0.25) is 0 Å². The lowest BCUT2D eigenvalue weighted by molar-refractivity contribution is 0.0717. The average molecular weight is 287 g/mol. The van der Waals surface area contributed by atoms with Crippen LogP contribution < -0.4 is 5.32 Å². The van der Waals surface area contributed by atoms with Crippen molar-refractivity contribution in [2.45, 2.75) is 44.2 Å². The number of benzene rings is 1. The van der Waals surface area contributed by atoms with Crippen LogP contribution in [0.3, 0.4) is 0 Å². The summed E-state index contributed by atoms with van der Waals surface area (Å²) in [5, 5.41) is 21.5. The number of rotatable bonds is 3. The number of aliphatic hydroxyl groups is 2. The van der Waals surface area contributed by atoms with E-state index >= 15 is 0 Å². The second kappa shape index (κ2) is 7.82. The van der Waals surface area contributed by atoms with Gasteiger partial charge in [-0.05, 0) is 31.0 Å². The quantitative estimate of drug-likeness (QED) is 0.737. The van der Waals surface area contributed by atoms with E-state index in [1.165, 1.54) is 0 Å². The predicted octanol–water partition coefficient (Wildman–Crippen LogP) is 1.45. The summed E-state index contributed by atoms with van der Waals surface area (Å²) in [6, 6.07) is 6.93. The third-order valence-corrected chi connectivity index (χ3v) is 3.64. The average Bonchev–Trinajstić information content (AvgIpc) is 2.50. The summed E-state index contributed by atoms with van der Waals surface area (Å²) in [5.41, 5.74) is 1.30. The van der Waals surface area contributed by atoms with Crippen molar-refractivity contribution < 1.29 is 15.0 Å². The fourth-order valence-corrected chi connectivity index (χ4v) is 2.49. The van der Waals surface area contributed by atoms with Crippen LogP contribution in [0.4, 0.5) is 0 Å². The third kappa shape index (κ3) is 4.59. The summed E-state index contributed by atoms with van der Waals surface area (Å²) in [6.45, 7) is 0.0345. The van der Waals surface area contributed by atoms with Gasteiger partial charge in [0.05, 0.1) is 18.8 Å². The van der Waals surface area contributed by atoms with Gasteiger partial charge in [0.2, 0.25) is 0 Å². The van der Waals surface area contributed by atoms with Gasteiger partial charge in [0.1, 0.15) is 0 Å². The molecule has 4 nitrogen and oxygen atoms in total. The zero-order valence-corrected chi connectivity index (χ0v) is 12.0. The molecule has 1 fully saturated rings. The second-order valence-electron chi connectivity index (χ2n) is 5.29. The topological polar surface area (TPSA) is 69.6 Å². The number of aliphatic hydroxyl groups excluding tert-OH is 2. The zero-order valence-electron chi connectivity index (χ0n) is 12.0. The van der Waals surface area contributed by atoms with Gasteiger partial charge in [0.15, 0.2) is 0 Å². The van der Waals surface area contributed by atoms with E-state index in [2.05, 4.69) is 17.2 Å². The fraction of sp³-hybridized carbons (Fsp3) is 0.471. The highest BCUT2D eigenvalue weighted by Gasteiger charge is 2.24. The Morgan fingerprint density at radius 2 is 2.14 bits per heavy atom. The molecule has 21 heavy (non-hydrogen) atoms. The first-order valence-corrected chi connectivity index (χ1v) is 7.39. The highest BCUT2D eigenvalue weighted by atomic mass is 16.3. The van der Waals surface area contributed by atoms with Gasteiger partial charge in [0.25, 0.3) is 5.91 Å². The summed E-state index contributed by atoms with van der Waals surface area (Å²) in [7, 11) is 0. The highest BCUT2D eigenvalue weighted by Crippen LogP contribution is 2.18. The summed E-state index contributed by atoms with van der Waals surface area (Å²) >= 11 is 0. The number of hydrogen-bond acceptors (Lipinski definition) is 3. The molecule has 1 saturated carbocycles. The Morgan fingerprint density at radius 1 is 1.33 bits per heavy atom. The second-order valence-corrected chi connectivity index (χ2v) is 5.29. The van der Waals surface area contributed by atoms with Gasteiger partial charge < -0.3 is 15.5 Å². The fourth-order valence-electron chi connectivity index (χ4n) is 2.49. The molecule has 1 amide bonds. The Balaban J connectivity index is 2.02. The smallest absolute Gasteiger partial charge is 0.251 e. The minimum atomic E-state index is -0.449. The normalized spacial score (nSPS) is 21.2. The van der Waals surface area contributed by atoms with E-state index in [1.54, 1.807) is 18.2 Å². The molecule has 1 aromatic rings. The molecule has 0 saturated heterocycles. The van der Waals surface area contributed by atoms with Gasteiger partial charge >= 0.3 is 0 Å². The van der Waals surface area contributed by atoms with Crippen molar-refractivity contribution in [2.24, 2.45) is 0 Å². The molecule has 1 aromatic carbocycles. The van der Waals surface area contributed by atoms with Crippen molar-refractivity contribution in [3.8, 4) is 11.8 Å². The molecule has 0 aliphatic heterocycles. The lowest BCUT2D eigenvalue weighted by atomic mass is 9.92. The minimum Gasteiger partial charge on any atom is -0.395 e. The predicted molar refractivity (Wildman–Crippen MR) is 80.8 cm³/mol. The van der Waals surface area contributed by atoms with Gasteiger partial charge in [-0.2, -0.15) is 0 Å². The van der Waals surface area contributed by atoms with Crippen LogP contribution in [0, 0.1) is 11.8 Å². The lowest BCUT2D eigenvalue weighted by Crippen LogP contribution is -2.45. The van der Waals surface area contributed by atoms with E-state index in [4.69, 9.17) is 5.11 Å². The maximum absolute atomic E-state index is 12.2. The summed E-state index contributed by atoms with van der Waals surface area (Å²) in [5.74, 6) is 5.57. The first kappa shape index (κ1) is 15.6. The Labute approximate surface area is 125 Å². The number of nitrogens with one attached hydrogen (secondary N) is 1. The van der Waals surface area contributed by atoms with E-state index < -0.39 is 6.10 Å². The Kier molecular flexibility index (Phi) is 5.79. The number of amides is 1. The van der Waals surface area contributed by atoms with Crippen LogP contribution in [0.5, 0.6) is 0 Å². The molecule has 112 valence electrons. The summed E-state index contributed by atoms with van der Waals surface area (Å²) < 4.78 is 0. The van der Waals surface area contributed by atoms with Crippen LogP contribution in [-0.2, 0) is 0 Å². The molecule has 0 aromatic heterocycles. The van der Waals surface area contributed by atoms with Crippen molar-refractivity contribution in [3.63, 3.8) is 0 Å². The molecule has 0 bridgehead atoms. The van der Waals surface area contributed by atoms with Gasteiger partial charge in [0, 0.05) is 17.5 Å². The van der Waals surface area contributed by atoms with Crippen LogP contribution in [0.1, 0.15) is 48.0 Å². The molecule has 2 unspecified atom stereocenters. The molecule has 2 rings (SSSR count). The molecule has 2 atom stereocenters. The van der Waals surface area contributed by atoms with E-state index in [9.17, 15) is 9.90 Å². The van der Waals surface area contributed by atoms with Crippen LogP contribution >= 0.6 is 0 Å². The first-order chi connectivity index (χ1) is 10.2. The molecule has 3 N–H and O–H groups in total. The molecule has 0 spiro atoms. The molecule has 0 heterocycles. The Bertz CT molecular complexity index is 544. The monoisotopic (exact) mass is 287 g/mol. The largest absolute Gasteiger partial charge is 0.395 e. The third-order valence-electron chi connectivity index (χ3n) is 3.64. The summed E-state index contributed by atoms with van der Waals surface area (Å²) in [6.07, 6.45) is 3.60. The Morgan fingerprint density at radius 3 is 2.90 bits per heavy atom. The minimum absolute atomic E-state index is 0.0345. The van der Waals surface area contributed by atoms with E-state index in [1.807, 2.05) is 6.07 Å². The van der Waals surface area contributed by atoms with Crippen molar-refractivity contribution in [1.29, 1.82) is 0 Å². The van der Waals surface area contributed by atoms with E-state index in [0.29, 0.717) is 12.0 Å². The molecule has 4 heteroatoms. The number of carbonyl (C=O) groups excluding carboxylic acids is 1. The van der Waals surface area contributed by atoms with Crippen molar-refractivity contribution in [1.82, 2.24) is 5.32 Å². The van der Waals surface area contributed by atoms with Crippen molar-refractivity contribution >= 4 is 5.91 Å². The van der Waals surface area contributed by atoms with E-state index in [0.717, 1.165) is 31.2 Å². The zero-order chi connectivity index (χ0) is 15.1. The maximum Gasteiger partial charge on any atom is 0.251 e. The molecule has 0 radical (unpaired) electrons. The van der Waals surface area contributed by atoms with Crippen molar-refractivity contribution in [3.05, 3.63) is 35.4 Å². The van der Waals surface area contributed by atoms with Crippen molar-refractivity contribution in [2.75, 3.05) is 6.61 Å². The van der Waals surface area contributed by atoms with Gasteiger partial charge in [-0.25, -0.2) is 0 Å². The molecule has 1 aliphatic rings. The SMILES string of the molecule is O=C(NC1CCCCC1O)c1cccc(C#CCCO)c1. The maximum atomic E-state index is 12.2. The van der Waals surface area contributed by atoms with Crippen LogP contribution in [0.25, 0.3) is 0 Å². The molecular formula is C17H21NO3. The molecular weight excluding hydrogens is 266 g/mol. The first-order valence-electron chi connectivity index (χ1n) is 7.39.